The Morgan fingerprint density at radius 3 is 2.40 bits per heavy atom. The number of benzene rings is 1. The zero-order valence-electron chi connectivity index (χ0n) is 25.8. The molecule has 1 aromatic heterocycles. The molecular formula is C31H48N8O4. The number of hydrogen-bond donors (Lipinski definition) is 4. The first-order valence-electron chi connectivity index (χ1n) is 15.7. The van der Waals surface area contributed by atoms with Gasteiger partial charge < -0.3 is 40.7 Å². The molecule has 1 saturated carbocycles. The number of aryl methyl sites for hydroxylation is 1. The number of aliphatic hydroxyl groups excluding tert-OH is 1. The largest absolute Gasteiger partial charge is 0.465 e. The average Bonchev–Trinajstić information content (AvgIpc) is 3.02. The van der Waals surface area contributed by atoms with Gasteiger partial charge in [-0.15, -0.1) is 0 Å². The first kappa shape index (κ1) is 31.2. The van der Waals surface area contributed by atoms with Crippen LogP contribution < -0.4 is 26.0 Å². The minimum Gasteiger partial charge on any atom is -0.465 e. The van der Waals surface area contributed by atoms with E-state index in [-0.39, 0.29) is 24.6 Å². The van der Waals surface area contributed by atoms with Crippen LogP contribution in [0.2, 0.25) is 0 Å². The van der Waals surface area contributed by atoms with Gasteiger partial charge in [0.25, 0.3) is 5.91 Å². The molecule has 5 N–H and O–H groups in total. The number of aromatic nitrogens is 2. The number of anilines is 4. The van der Waals surface area contributed by atoms with Crippen LogP contribution in [0.15, 0.2) is 18.2 Å². The Labute approximate surface area is 254 Å². The van der Waals surface area contributed by atoms with Crippen molar-refractivity contribution in [1.82, 2.24) is 19.8 Å². The SMILES string of the molecule is CCc1nc(C(N)=O)c(Nc2ccc(N3CCC(N4CCN(C)CC4)CC3)c(OCOC)c2)nc1NC1CCC(O)CC1. The number of carbonyl (C=O) groups is 1. The molecule has 5 rings (SSSR count). The van der Waals surface area contributed by atoms with Crippen LogP contribution in [0, 0.1) is 0 Å². The van der Waals surface area contributed by atoms with Crippen LogP contribution >= 0.6 is 0 Å². The van der Waals surface area contributed by atoms with Gasteiger partial charge in [-0.05, 0) is 64.1 Å². The summed E-state index contributed by atoms with van der Waals surface area (Å²) in [5.41, 5.74) is 8.25. The van der Waals surface area contributed by atoms with Gasteiger partial charge in [0.2, 0.25) is 0 Å². The van der Waals surface area contributed by atoms with Gasteiger partial charge in [0.15, 0.2) is 18.3 Å². The van der Waals surface area contributed by atoms with Gasteiger partial charge in [-0.25, -0.2) is 9.97 Å². The van der Waals surface area contributed by atoms with Gasteiger partial charge in [0.1, 0.15) is 11.6 Å². The highest BCUT2D eigenvalue weighted by atomic mass is 16.7. The summed E-state index contributed by atoms with van der Waals surface area (Å²) in [5, 5.41) is 16.7. The normalized spacial score (nSPS) is 22.4. The fraction of sp³-hybridized carbons (Fsp3) is 0.645. The van der Waals surface area contributed by atoms with Gasteiger partial charge in [-0.1, -0.05) is 6.92 Å². The number of nitrogens with two attached hydrogens (primary N) is 1. The second-order valence-electron chi connectivity index (χ2n) is 12.0. The third-order valence-corrected chi connectivity index (χ3v) is 8.99. The quantitative estimate of drug-likeness (QED) is 0.285. The number of nitrogens with one attached hydrogen (secondary N) is 2. The zero-order chi connectivity index (χ0) is 30.3. The van der Waals surface area contributed by atoms with E-state index in [4.69, 9.17) is 20.2 Å². The predicted octanol–water partition coefficient (Wildman–Crippen LogP) is 2.80. The summed E-state index contributed by atoms with van der Waals surface area (Å²) in [6.45, 7) is 8.55. The number of ether oxygens (including phenoxy) is 2. The monoisotopic (exact) mass is 596 g/mol. The van der Waals surface area contributed by atoms with Gasteiger partial charge >= 0.3 is 0 Å². The summed E-state index contributed by atoms with van der Waals surface area (Å²) in [4.78, 5) is 29.3. The van der Waals surface area contributed by atoms with Crippen molar-refractivity contribution in [3.05, 3.63) is 29.6 Å². The van der Waals surface area contributed by atoms with E-state index in [0.29, 0.717) is 41.2 Å². The van der Waals surface area contributed by atoms with Crippen LogP contribution in [0.4, 0.5) is 23.0 Å². The van der Waals surface area contributed by atoms with Crippen molar-refractivity contribution in [3.8, 4) is 5.75 Å². The summed E-state index contributed by atoms with van der Waals surface area (Å²) in [6.07, 6.45) is 5.78. The van der Waals surface area contributed by atoms with Gasteiger partial charge in [-0.3, -0.25) is 9.69 Å². The summed E-state index contributed by atoms with van der Waals surface area (Å²) in [6, 6.07) is 6.73. The number of carbonyl (C=O) groups excluding carboxylic acids is 1. The van der Waals surface area contributed by atoms with Gasteiger partial charge in [0, 0.05) is 70.2 Å². The number of hydrogen-bond acceptors (Lipinski definition) is 11. The molecule has 12 nitrogen and oxygen atoms in total. The lowest BCUT2D eigenvalue weighted by atomic mass is 9.93. The highest BCUT2D eigenvalue weighted by Crippen LogP contribution is 2.35. The number of rotatable bonds is 11. The number of aliphatic hydroxyl groups is 1. The highest BCUT2D eigenvalue weighted by Gasteiger charge is 2.28. The van der Waals surface area contributed by atoms with Crippen molar-refractivity contribution in [2.45, 2.75) is 70.1 Å². The van der Waals surface area contributed by atoms with E-state index in [1.165, 1.54) is 0 Å². The molecule has 0 radical (unpaired) electrons. The number of primary amides is 1. The van der Waals surface area contributed by atoms with Gasteiger partial charge in [-0.2, -0.15) is 0 Å². The molecule has 236 valence electrons. The molecule has 0 bridgehead atoms. The lowest BCUT2D eigenvalue weighted by Crippen LogP contribution is -2.52. The molecule has 12 heteroatoms. The summed E-state index contributed by atoms with van der Waals surface area (Å²) in [5.74, 6) is 0.976. The predicted molar refractivity (Wildman–Crippen MR) is 168 cm³/mol. The topological polar surface area (TPSA) is 141 Å². The fourth-order valence-corrected chi connectivity index (χ4v) is 6.39. The molecule has 3 aliphatic rings. The van der Waals surface area contributed by atoms with E-state index in [9.17, 15) is 9.90 Å². The van der Waals surface area contributed by atoms with Crippen LogP contribution in [0.3, 0.4) is 0 Å². The summed E-state index contributed by atoms with van der Waals surface area (Å²) >= 11 is 0. The third kappa shape index (κ3) is 7.86. The molecular weight excluding hydrogens is 548 g/mol. The molecule has 43 heavy (non-hydrogen) atoms. The molecule has 2 aliphatic heterocycles. The van der Waals surface area contributed by atoms with Crippen LogP contribution in [-0.4, -0.2) is 109 Å². The van der Waals surface area contributed by atoms with E-state index in [2.05, 4.69) is 37.4 Å². The smallest absolute Gasteiger partial charge is 0.271 e. The van der Waals surface area contributed by atoms with Crippen molar-refractivity contribution in [1.29, 1.82) is 0 Å². The first-order valence-corrected chi connectivity index (χ1v) is 15.7. The maximum absolute atomic E-state index is 12.4. The lowest BCUT2D eigenvalue weighted by Gasteiger charge is -2.42. The van der Waals surface area contributed by atoms with E-state index in [1.54, 1.807) is 7.11 Å². The second kappa shape index (κ2) is 14.5. The molecule has 3 fully saturated rings. The third-order valence-electron chi connectivity index (χ3n) is 8.99. The van der Waals surface area contributed by atoms with E-state index in [0.717, 1.165) is 83.5 Å². The summed E-state index contributed by atoms with van der Waals surface area (Å²) in [7, 11) is 3.80. The Balaban J connectivity index is 1.33. The Kier molecular flexibility index (Phi) is 10.6. The van der Waals surface area contributed by atoms with E-state index < -0.39 is 5.91 Å². The standard InChI is InChI=1S/C31H48N8O4/c1-4-25-30(33-21-5-8-24(40)9-6-21)36-31(28(35-25)29(32)41)34-22-7-10-26(27(19-22)43-20-42-3)39-13-11-23(12-14-39)38-17-15-37(2)16-18-38/h7,10,19,21,23-24,40H,4-6,8-9,11-18,20H2,1-3H3,(H2,32,41)(H2,33,34,36). The van der Waals surface area contributed by atoms with Crippen LogP contribution in [0.5, 0.6) is 5.75 Å². The molecule has 1 aromatic carbocycles. The number of nitrogens with zero attached hydrogens (tertiary/aromatic N) is 5. The van der Waals surface area contributed by atoms with Crippen molar-refractivity contribution < 1.29 is 19.4 Å². The average molecular weight is 597 g/mol. The van der Waals surface area contributed by atoms with Crippen LogP contribution in [0.1, 0.15) is 61.6 Å². The Morgan fingerprint density at radius 1 is 1.02 bits per heavy atom. The first-order chi connectivity index (χ1) is 20.8. The minimum absolute atomic E-state index is 0.0934. The maximum Gasteiger partial charge on any atom is 0.271 e. The molecule has 2 saturated heterocycles. The highest BCUT2D eigenvalue weighted by molar-refractivity contribution is 5.96. The Hall–Kier alpha value is -3.19. The fourth-order valence-electron chi connectivity index (χ4n) is 6.39. The van der Waals surface area contributed by atoms with Crippen molar-refractivity contribution in [3.63, 3.8) is 0 Å². The van der Waals surface area contributed by atoms with Crippen molar-refractivity contribution >= 4 is 28.9 Å². The Morgan fingerprint density at radius 2 is 1.74 bits per heavy atom. The molecule has 0 spiro atoms. The zero-order valence-corrected chi connectivity index (χ0v) is 25.8. The maximum atomic E-state index is 12.4. The molecule has 1 amide bonds. The van der Waals surface area contributed by atoms with Crippen molar-refractivity contribution in [2.24, 2.45) is 5.73 Å². The number of likely N-dealkylation sites (N-methyl/N-ethyl adjacent to an activating group) is 1. The second-order valence-corrected chi connectivity index (χ2v) is 12.0. The Bertz CT molecular complexity index is 1220. The number of piperidine rings is 1. The van der Waals surface area contributed by atoms with Crippen LogP contribution in [0.25, 0.3) is 0 Å². The molecule has 2 aromatic rings. The molecule has 0 atom stereocenters. The van der Waals surface area contributed by atoms with E-state index >= 15 is 0 Å². The van der Waals surface area contributed by atoms with Gasteiger partial charge in [0.05, 0.1) is 17.5 Å². The molecule has 0 unspecified atom stereocenters. The number of methoxy groups -OCH3 is 1. The van der Waals surface area contributed by atoms with E-state index in [1.807, 2.05) is 25.1 Å². The van der Waals surface area contributed by atoms with Crippen molar-refractivity contribution in [2.75, 3.05) is 75.8 Å². The lowest BCUT2D eigenvalue weighted by molar-refractivity contribution is 0.0513. The number of piperazine rings is 1. The minimum atomic E-state index is -0.646. The van der Waals surface area contributed by atoms with Crippen LogP contribution in [-0.2, 0) is 11.2 Å². The molecule has 1 aliphatic carbocycles. The number of amides is 1. The molecule has 3 heterocycles. The summed E-state index contributed by atoms with van der Waals surface area (Å²) < 4.78 is 11.3.